The topological polar surface area (TPSA) is 100 Å². The van der Waals surface area contributed by atoms with E-state index in [-0.39, 0.29) is 23.4 Å². The molecule has 1 saturated heterocycles. The van der Waals surface area contributed by atoms with Crippen LogP contribution >= 0.6 is 11.9 Å². The molecule has 1 aliphatic heterocycles. The Morgan fingerprint density at radius 2 is 1.80 bits per heavy atom. The van der Waals surface area contributed by atoms with Crippen molar-refractivity contribution in [3.63, 3.8) is 0 Å². The predicted octanol–water partition coefficient (Wildman–Crippen LogP) is 6.27. The fraction of sp³-hybridized carbons (Fsp3) is 0.429. The Balaban J connectivity index is 1.48. The maximum absolute atomic E-state index is 13.0. The lowest BCUT2D eigenvalue weighted by atomic mass is 9.84. The van der Waals surface area contributed by atoms with Gasteiger partial charge in [-0.05, 0) is 54.2 Å². The normalized spacial score (nSPS) is 17.7. The molecule has 2 aromatic carbocycles. The Bertz CT molecular complexity index is 1400. The second kappa shape index (κ2) is 12.4. The number of nitrogens with zero attached hydrogens (tertiary/aromatic N) is 2. The number of halogens is 3. The molecule has 1 amide bonds. The molecule has 2 fully saturated rings. The number of pyridine rings is 1. The Kier molecular flexibility index (Phi) is 8.86. The first kappa shape index (κ1) is 28.7. The summed E-state index contributed by atoms with van der Waals surface area (Å²) >= 11 is -0.299. The van der Waals surface area contributed by atoms with Crippen LogP contribution in [-0.2, 0) is 17.3 Å². The van der Waals surface area contributed by atoms with Crippen LogP contribution in [0.3, 0.4) is 0 Å². The molecule has 1 saturated carbocycles. The molecule has 5 rings (SSSR count). The highest BCUT2D eigenvalue weighted by molar-refractivity contribution is 8.01. The van der Waals surface area contributed by atoms with Crippen molar-refractivity contribution in [1.29, 1.82) is 0 Å². The van der Waals surface area contributed by atoms with E-state index in [0.29, 0.717) is 46.0 Å². The second-order valence-electron chi connectivity index (χ2n) is 10.3. The van der Waals surface area contributed by atoms with Gasteiger partial charge in [0.1, 0.15) is 0 Å². The first-order valence-corrected chi connectivity index (χ1v) is 15.7. The monoisotopic (exact) mass is 591 g/mol. The summed E-state index contributed by atoms with van der Waals surface area (Å²) in [6.45, 7) is 2.24. The van der Waals surface area contributed by atoms with Gasteiger partial charge in [-0.2, -0.15) is 13.2 Å². The van der Waals surface area contributed by atoms with Gasteiger partial charge in [-0.1, -0.05) is 31.4 Å². The number of hydrogen-bond donors (Lipinski definition) is 3. The molecule has 214 valence electrons. The van der Waals surface area contributed by atoms with Gasteiger partial charge >= 0.3 is 5.51 Å². The van der Waals surface area contributed by atoms with Gasteiger partial charge in [0.05, 0.1) is 28.7 Å². The van der Waals surface area contributed by atoms with Crippen LogP contribution in [0.5, 0.6) is 0 Å². The molecule has 2 heterocycles. The summed E-state index contributed by atoms with van der Waals surface area (Å²) in [6, 6.07) is 11.2. The number of rotatable bonds is 8. The number of carbonyl (C=O) groups is 1. The number of alkyl halides is 3. The molecular weight excluding hydrogens is 559 g/mol. The van der Waals surface area contributed by atoms with Gasteiger partial charge in [0.25, 0.3) is 5.91 Å². The van der Waals surface area contributed by atoms with Crippen LogP contribution in [0.1, 0.15) is 59.5 Å². The van der Waals surface area contributed by atoms with E-state index in [1.807, 2.05) is 24.3 Å². The molecule has 0 bridgehead atoms. The molecule has 40 heavy (non-hydrogen) atoms. The lowest BCUT2D eigenvalue weighted by Crippen LogP contribution is -2.37. The van der Waals surface area contributed by atoms with Crippen molar-refractivity contribution >= 4 is 56.6 Å². The van der Waals surface area contributed by atoms with Crippen LogP contribution < -0.4 is 15.8 Å². The average molecular weight is 592 g/mol. The molecule has 12 heteroatoms. The van der Waals surface area contributed by atoms with Gasteiger partial charge in [0, 0.05) is 64.9 Å². The first-order chi connectivity index (χ1) is 19.1. The number of amides is 1. The summed E-state index contributed by atoms with van der Waals surface area (Å²) in [7, 11) is -0.750. The fourth-order valence-electron chi connectivity index (χ4n) is 5.47. The Morgan fingerprint density at radius 1 is 1.07 bits per heavy atom. The van der Waals surface area contributed by atoms with Gasteiger partial charge in [0.2, 0.25) is 0 Å². The molecule has 4 N–H and O–H groups in total. The standard InChI is InChI=1S/C28H32F3N5O2S2/c29-28(30,31)39-35-22-14-20(19-4-2-1-3-5-19)13-21(15-22)34-26-23-7-6-18(17-36-8-10-40(38)11-9-36)12-25(23)33-16-24(26)27(32)37/h6-7,12-16,19,35H,1-5,8-11,17H2,(H2,32,37)(H,33,34). The molecule has 2 aliphatic rings. The van der Waals surface area contributed by atoms with Crippen LogP contribution in [0.4, 0.5) is 30.2 Å². The average Bonchev–Trinajstić information content (AvgIpc) is 2.93. The van der Waals surface area contributed by atoms with Gasteiger partial charge < -0.3 is 15.8 Å². The van der Waals surface area contributed by atoms with E-state index in [9.17, 15) is 22.2 Å². The minimum absolute atomic E-state index is 0.195. The SMILES string of the molecule is NC(=O)c1cnc2cc(CN3CCS(=O)CC3)ccc2c1Nc1cc(NSC(F)(F)F)cc(C2CCCCC2)c1. The number of nitrogens with two attached hydrogens (primary N) is 1. The third-order valence-electron chi connectivity index (χ3n) is 7.46. The van der Waals surface area contributed by atoms with Crippen molar-refractivity contribution < 1.29 is 22.2 Å². The summed E-state index contributed by atoms with van der Waals surface area (Å²) in [5.41, 5.74) is 5.49. The Labute approximate surface area is 238 Å². The highest BCUT2D eigenvalue weighted by Crippen LogP contribution is 2.39. The number of carbonyl (C=O) groups excluding carboxylic acids is 1. The quantitative estimate of drug-likeness (QED) is 0.266. The van der Waals surface area contributed by atoms with E-state index in [4.69, 9.17) is 5.73 Å². The van der Waals surface area contributed by atoms with E-state index < -0.39 is 22.2 Å². The maximum Gasteiger partial charge on any atom is 0.461 e. The highest BCUT2D eigenvalue weighted by Gasteiger charge is 2.29. The minimum atomic E-state index is -4.43. The summed E-state index contributed by atoms with van der Waals surface area (Å²) in [5.74, 6) is 0.934. The van der Waals surface area contributed by atoms with Gasteiger partial charge in [-0.15, -0.1) is 0 Å². The maximum atomic E-state index is 13.0. The van der Waals surface area contributed by atoms with Crippen LogP contribution in [0.2, 0.25) is 0 Å². The summed E-state index contributed by atoms with van der Waals surface area (Å²) in [4.78, 5) is 19.1. The van der Waals surface area contributed by atoms with Crippen LogP contribution in [0, 0.1) is 0 Å². The number of nitrogens with one attached hydrogen (secondary N) is 2. The third-order valence-corrected chi connectivity index (χ3v) is 9.31. The van der Waals surface area contributed by atoms with Crippen molar-refractivity contribution in [2.75, 3.05) is 34.6 Å². The van der Waals surface area contributed by atoms with Crippen LogP contribution in [-0.4, -0.2) is 50.1 Å². The summed E-state index contributed by atoms with van der Waals surface area (Å²) in [5, 5.41) is 3.99. The lowest BCUT2D eigenvalue weighted by Gasteiger charge is -2.26. The molecule has 7 nitrogen and oxygen atoms in total. The number of anilines is 3. The zero-order chi connectivity index (χ0) is 28.3. The zero-order valence-corrected chi connectivity index (χ0v) is 23.6. The largest absolute Gasteiger partial charge is 0.461 e. The van der Waals surface area contributed by atoms with E-state index in [2.05, 4.69) is 19.9 Å². The molecule has 1 aliphatic carbocycles. The van der Waals surface area contributed by atoms with Gasteiger partial charge in [0.15, 0.2) is 0 Å². The fourth-order valence-corrected chi connectivity index (χ4v) is 6.95. The van der Waals surface area contributed by atoms with Crippen LogP contribution in [0.15, 0.2) is 42.6 Å². The molecule has 3 aromatic rings. The van der Waals surface area contributed by atoms with Crippen molar-refractivity contribution in [2.24, 2.45) is 5.73 Å². The van der Waals surface area contributed by atoms with E-state index in [1.54, 1.807) is 12.1 Å². The van der Waals surface area contributed by atoms with Gasteiger partial charge in [-0.25, -0.2) is 0 Å². The molecule has 1 aromatic heterocycles. The van der Waals surface area contributed by atoms with E-state index in [1.165, 1.54) is 6.20 Å². The highest BCUT2D eigenvalue weighted by atomic mass is 32.2. The lowest BCUT2D eigenvalue weighted by molar-refractivity contribution is -0.0323. The Hall–Kier alpha value is -2.83. The van der Waals surface area contributed by atoms with Crippen molar-refractivity contribution in [1.82, 2.24) is 9.88 Å². The predicted molar refractivity (Wildman–Crippen MR) is 156 cm³/mol. The third kappa shape index (κ3) is 7.27. The molecule has 0 spiro atoms. The molecule has 0 unspecified atom stereocenters. The minimum Gasteiger partial charge on any atom is -0.365 e. The van der Waals surface area contributed by atoms with Crippen molar-refractivity contribution in [3.8, 4) is 0 Å². The van der Waals surface area contributed by atoms with Gasteiger partial charge in [-0.3, -0.25) is 18.9 Å². The second-order valence-corrected chi connectivity index (χ2v) is 12.9. The van der Waals surface area contributed by atoms with Crippen molar-refractivity contribution in [3.05, 3.63) is 59.3 Å². The number of fused-ring (bicyclic) bond motifs is 1. The summed E-state index contributed by atoms with van der Waals surface area (Å²) < 4.78 is 53.0. The zero-order valence-electron chi connectivity index (χ0n) is 21.9. The number of aromatic nitrogens is 1. The molecule has 0 atom stereocenters. The van der Waals surface area contributed by atoms with Crippen molar-refractivity contribution in [2.45, 2.75) is 50.1 Å². The molecular formula is C28H32F3N5O2S2. The summed E-state index contributed by atoms with van der Waals surface area (Å²) in [6.07, 6.45) is 6.73. The van der Waals surface area contributed by atoms with Crippen LogP contribution in [0.25, 0.3) is 10.9 Å². The molecule has 0 radical (unpaired) electrons. The smallest absolute Gasteiger partial charge is 0.365 e. The number of primary amides is 1. The first-order valence-electron chi connectivity index (χ1n) is 13.4. The Morgan fingerprint density at radius 3 is 2.50 bits per heavy atom. The number of benzene rings is 2. The van der Waals surface area contributed by atoms with E-state index >= 15 is 0 Å². The number of hydrogen-bond acceptors (Lipinski definition) is 7. The van der Waals surface area contributed by atoms with E-state index in [0.717, 1.165) is 56.3 Å².